The summed E-state index contributed by atoms with van der Waals surface area (Å²) in [4.78, 5) is 0.320. The number of hydrogen-bond donors (Lipinski definition) is 0. The fourth-order valence-electron chi connectivity index (χ4n) is 3.22. The number of hydrogen-bond acceptors (Lipinski definition) is 3. The molecule has 0 radical (unpaired) electrons. The minimum atomic E-state index is -3.45. The number of sulfonamides is 1. The van der Waals surface area contributed by atoms with Gasteiger partial charge in [-0.2, -0.15) is 9.40 Å². The Morgan fingerprint density at radius 2 is 1.95 bits per heavy atom. The normalized spacial score (nSPS) is 19.7. The monoisotopic (exact) mass is 319 g/mol. The second-order valence-electron chi connectivity index (χ2n) is 5.96. The zero-order valence-corrected chi connectivity index (χ0v) is 14.0. The van der Waals surface area contributed by atoms with Crippen molar-refractivity contribution in [1.82, 2.24) is 14.1 Å². The van der Waals surface area contributed by atoms with Gasteiger partial charge in [-0.3, -0.25) is 4.68 Å². The van der Waals surface area contributed by atoms with Crippen molar-refractivity contribution in [3.8, 4) is 0 Å². The van der Waals surface area contributed by atoms with Crippen LogP contribution in [0.3, 0.4) is 0 Å². The van der Waals surface area contributed by atoms with Crippen LogP contribution < -0.4 is 0 Å². The Hall–Kier alpha value is -1.66. The van der Waals surface area contributed by atoms with Gasteiger partial charge in [0.05, 0.1) is 5.69 Å². The van der Waals surface area contributed by atoms with Gasteiger partial charge in [0.15, 0.2) is 0 Å². The van der Waals surface area contributed by atoms with Gasteiger partial charge in [0.1, 0.15) is 4.90 Å². The average molecular weight is 319 g/mol. The number of nitrogens with zero attached hydrogens (tertiary/aromatic N) is 3. The zero-order chi connectivity index (χ0) is 15.9. The van der Waals surface area contributed by atoms with E-state index < -0.39 is 10.0 Å². The van der Waals surface area contributed by atoms with Gasteiger partial charge in [0, 0.05) is 26.3 Å². The summed E-state index contributed by atoms with van der Waals surface area (Å²) in [6.07, 6.45) is 2.45. The van der Waals surface area contributed by atoms with Crippen LogP contribution in [0.15, 0.2) is 35.4 Å². The van der Waals surface area contributed by atoms with Crippen LogP contribution in [-0.2, 0) is 17.1 Å². The molecule has 22 heavy (non-hydrogen) atoms. The lowest BCUT2D eigenvalue weighted by Gasteiger charge is -2.17. The van der Waals surface area contributed by atoms with Crippen molar-refractivity contribution in [3.63, 3.8) is 0 Å². The Bertz CT molecular complexity index is 795. The molecule has 1 aromatic carbocycles. The fourth-order valence-corrected chi connectivity index (χ4v) is 4.92. The topological polar surface area (TPSA) is 55.2 Å². The summed E-state index contributed by atoms with van der Waals surface area (Å²) in [6.45, 7) is 4.93. The van der Waals surface area contributed by atoms with Crippen molar-refractivity contribution in [2.24, 2.45) is 7.05 Å². The molecule has 0 saturated carbocycles. The molecule has 2 heterocycles. The van der Waals surface area contributed by atoms with E-state index in [1.54, 1.807) is 29.2 Å². The number of aromatic nitrogens is 2. The molecule has 5 nitrogen and oxygen atoms in total. The van der Waals surface area contributed by atoms with Crippen LogP contribution in [0.4, 0.5) is 0 Å². The maximum Gasteiger partial charge on any atom is 0.246 e. The first-order valence-corrected chi connectivity index (χ1v) is 8.89. The summed E-state index contributed by atoms with van der Waals surface area (Å²) in [5.41, 5.74) is 3.04. The number of rotatable bonds is 3. The first-order valence-electron chi connectivity index (χ1n) is 7.45. The van der Waals surface area contributed by atoms with Gasteiger partial charge in [0.2, 0.25) is 10.0 Å². The molecule has 2 aromatic rings. The second kappa shape index (κ2) is 5.52. The lowest BCUT2D eigenvalue weighted by Crippen LogP contribution is -2.29. The zero-order valence-electron chi connectivity index (χ0n) is 13.2. The highest BCUT2D eigenvalue weighted by atomic mass is 32.2. The molecule has 1 aliphatic heterocycles. The van der Waals surface area contributed by atoms with Crippen LogP contribution in [0.25, 0.3) is 0 Å². The van der Waals surface area contributed by atoms with Crippen molar-refractivity contribution in [1.29, 1.82) is 0 Å². The maximum atomic E-state index is 12.8. The van der Waals surface area contributed by atoms with E-state index in [0.717, 1.165) is 6.42 Å². The van der Waals surface area contributed by atoms with Crippen molar-refractivity contribution in [2.45, 2.75) is 31.1 Å². The molecular weight excluding hydrogens is 298 g/mol. The van der Waals surface area contributed by atoms with Gasteiger partial charge in [-0.15, -0.1) is 0 Å². The molecule has 118 valence electrons. The molecule has 1 aliphatic rings. The summed E-state index contributed by atoms with van der Waals surface area (Å²) in [5, 5.41) is 4.15. The van der Waals surface area contributed by atoms with Crippen molar-refractivity contribution in [2.75, 3.05) is 13.1 Å². The molecule has 0 amide bonds. The number of aryl methyl sites for hydroxylation is 3. The number of benzene rings is 1. The predicted molar refractivity (Wildman–Crippen MR) is 85.2 cm³/mol. The van der Waals surface area contributed by atoms with Crippen molar-refractivity contribution >= 4 is 10.0 Å². The molecule has 1 aromatic heterocycles. The molecule has 0 N–H and O–H groups in total. The van der Waals surface area contributed by atoms with Crippen LogP contribution in [-0.4, -0.2) is 35.6 Å². The van der Waals surface area contributed by atoms with Gasteiger partial charge in [-0.25, -0.2) is 8.42 Å². The summed E-state index contributed by atoms with van der Waals surface area (Å²) in [5.74, 6) is 0.271. The molecule has 1 saturated heterocycles. The molecule has 0 spiro atoms. The Morgan fingerprint density at radius 3 is 2.59 bits per heavy atom. The lowest BCUT2D eigenvalue weighted by molar-refractivity contribution is 0.472. The molecule has 3 rings (SSSR count). The predicted octanol–water partition coefficient (Wildman–Crippen LogP) is 2.22. The van der Waals surface area contributed by atoms with E-state index >= 15 is 0 Å². The van der Waals surface area contributed by atoms with Crippen LogP contribution in [0.5, 0.6) is 0 Å². The third-order valence-corrected chi connectivity index (χ3v) is 6.33. The molecular formula is C16H21N3O2S. The summed E-state index contributed by atoms with van der Waals surface area (Å²) in [7, 11) is -1.71. The van der Waals surface area contributed by atoms with Gasteiger partial charge < -0.3 is 0 Å². The van der Waals surface area contributed by atoms with Crippen LogP contribution in [0.2, 0.25) is 0 Å². The van der Waals surface area contributed by atoms with Gasteiger partial charge in [-0.05, 0) is 37.3 Å². The first kappa shape index (κ1) is 15.2. The first-order chi connectivity index (χ1) is 10.4. The molecule has 6 heteroatoms. The van der Waals surface area contributed by atoms with E-state index in [4.69, 9.17) is 0 Å². The van der Waals surface area contributed by atoms with Crippen LogP contribution >= 0.6 is 0 Å². The molecule has 0 aliphatic carbocycles. The Morgan fingerprint density at radius 1 is 1.23 bits per heavy atom. The standard InChI is InChI=1S/C16H21N3O2S/c1-12-6-4-5-7-15(12)14-8-9-19(10-14)22(20,21)16-11-18(3)17-13(16)2/h4-7,11,14H,8-10H2,1-3H3. The van der Waals surface area contributed by atoms with E-state index in [0.29, 0.717) is 23.7 Å². The Labute approximate surface area is 131 Å². The largest absolute Gasteiger partial charge is 0.274 e. The van der Waals surface area contributed by atoms with E-state index in [2.05, 4.69) is 24.2 Å². The second-order valence-corrected chi connectivity index (χ2v) is 7.86. The Kier molecular flexibility index (Phi) is 3.82. The minimum absolute atomic E-state index is 0.271. The third-order valence-electron chi connectivity index (χ3n) is 4.37. The fraction of sp³-hybridized carbons (Fsp3) is 0.438. The summed E-state index contributed by atoms with van der Waals surface area (Å²) in [6, 6.07) is 8.22. The highest BCUT2D eigenvalue weighted by Crippen LogP contribution is 2.33. The molecule has 1 unspecified atom stereocenters. The average Bonchev–Trinajstić information content (AvgIpc) is 3.06. The molecule has 1 atom stereocenters. The van der Waals surface area contributed by atoms with Crippen LogP contribution in [0.1, 0.15) is 29.2 Å². The summed E-state index contributed by atoms with van der Waals surface area (Å²) >= 11 is 0. The van der Waals surface area contributed by atoms with Gasteiger partial charge in [-0.1, -0.05) is 24.3 Å². The minimum Gasteiger partial charge on any atom is -0.274 e. The SMILES string of the molecule is Cc1ccccc1C1CCN(S(=O)(=O)c2cn(C)nc2C)C1. The van der Waals surface area contributed by atoms with E-state index in [1.165, 1.54) is 11.1 Å². The smallest absolute Gasteiger partial charge is 0.246 e. The highest BCUT2D eigenvalue weighted by Gasteiger charge is 2.35. The van der Waals surface area contributed by atoms with E-state index in [-0.39, 0.29) is 5.92 Å². The lowest BCUT2D eigenvalue weighted by atomic mass is 9.94. The molecule has 0 bridgehead atoms. The highest BCUT2D eigenvalue weighted by molar-refractivity contribution is 7.89. The van der Waals surface area contributed by atoms with Crippen molar-refractivity contribution in [3.05, 3.63) is 47.3 Å². The molecule has 1 fully saturated rings. The van der Waals surface area contributed by atoms with Gasteiger partial charge >= 0.3 is 0 Å². The third kappa shape index (κ3) is 2.57. The quantitative estimate of drug-likeness (QED) is 0.871. The van der Waals surface area contributed by atoms with E-state index in [9.17, 15) is 8.42 Å². The van der Waals surface area contributed by atoms with Gasteiger partial charge in [0.25, 0.3) is 0 Å². The van der Waals surface area contributed by atoms with Crippen LogP contribution in [0, 0.1) is 13.8 Å². The summed E-state index contributed by atoms with van der Waals surface area (Å²) < 4.78 is 28.8. The van der Waals surface area contributed by atoms with Crippen molar-refractivity contribution < 1.29 is 8.42 Å². The maximum absolute atomic E-state index is 12.8. The Balaban J connectivity index is 1.86. The van der Waals surface area contributed by atoms with E-state index in [1.807, 2.05) is 12.1 Å².